The number of nitrogens with zero attached hydrogens (tertiary/aromatic N) is 3. The first-order valence-electron chi connectivity index (χ1n) is 13.5. The minimum absolute atomic E-state index is 0.0109. The van der Waals surface area contributed by atoms with E-state index in [9.17, 15) is 22.4 Å². The number of carbonyl (C=O) groups is 2. The van der Waals surface area contributed by atoms with Crippen molar-refractivity contribution in [1.29, 1.82) is 0 Å². The third-order valence-electron chi connectivity index (χ3n) is 7.92. The third kappa shape index (κ3) is 6.67. The van der Waals surface area contributed by atoms with E-state index in [1.807, 2.05) is 56.8 Å². The van der Waals surface area contributed by atoms with Crippen LogP contribution in [-0.4, -0.2) is 73.6 Å². The Morgan fingerprint density at radius 3 is 2.46 bits per heavy atom. The second-order valence-corrected chi connectivity index (χ2v) is 12.6. The van der Waals surface area contributed by atoms with Crippen molar-refractivity contribution in [3.05, 3.63) is 71.7 Å². The number of benzene rings is 2. The van der Waals surface area contributed by atoms with Gasteiger partial charge in [0, 0.05) is 44.2 Å². The summed E-state index contributed by atoms with van der Waals surface area (Å²) in [5.41, 5.74) is 2.58. The molecule has 2 aromatic carbocycles. The van der Waals surface area contributed by atoms with Gasteiger partial charge < -0.3 is 14.4 Å². The summed E-state index contributed by atoms with van der Waals surface area (Å²) in [5, 5.41) is 0.907. The van der Waals surface area contributed by atoms with Crippen LogP contribution < -0.4 is 4.72 Å². The number of aromatic nitrogens is 1. The van der Waals surface area contributed by atoms with Crippen LogP contribution in [0.2, 0.25) is 0 Å². The van der Waals surface area contributed by atoms with Crippen LogP contribution >= 0.6 is 0 Å². The molecule has 10 heteroatoms. The molecular formula is C29H35FN4O4S. The zero-order valence-corrected chi connectivity index (χ0v) is 23.0. The maximum Gasteiger partial charge on any atom is 0.256 e. The first-order chi connectivity index (χ1) is 18.7. The SMILES string of the molecule is CS(=O)(=O)NC(=O)CCn1ccc2cccc(C(=O)N3CC[C@H](CN4CCC(c5ccc(F)cc5)CC4)C3)c21. The van der Waals surface area contributed by atoms with Crippen molar-refractivity contribution in [2.45, 2.75) is 38.1 Å². The highest BCUT2D eigenvalue weighted by Crippen LogP contribution is 2.30. The molecule has 2 amide bonds. The predicted octanol–water partition coefficient (Wildman–Crippen LogP) is 3.59. The maximum absolute atomic E-state index is 13.6. The summed E-state index contributed by atoms with van der Waals surface area (Å²) in [6, 6.07) is 14.4. The molecule has 1 aromatic heterocycles. The molecule has 0 unspecified atom stereocenters. The van der Waals surface area contributed by atoms with Crippen molar-refractivity contribution in [1.82, 2.24) is 19.1 Å². The van der Waals surface area contributed by atoms with Gasteiger partial charge in [-0.15, -0.1) is 0 Å². The summed E-state index contributed by atoms with van der Waals surface area (Å²) in [5.74, 6) is 0.100. The molecule has 1 atom stereocenters. The molecule has 3 heterocycles. The molecule has 2 aliphatic heterocycles. The Morgan fingerprint density at radius 2 is 1.74 bits per heavy atom. The van der Waals surface area contributed by atoms with Gasteiger partial charge in [0.05, 0.1) is 17.3 Å². The van der Waals surface area contributed by atoms with E-state index in [4.69, 9.17) is 0 Å². The van der Waals surface area contributed by atoms with Crippen molar-refractivity contribution in [2.24, 2.45) is 5.92 Å². The molecule has 0 aliphatic carbocycles. The van der Waals surface area contributed by atoms with Crippen LogP contribution in [-0.2, 0) is 21.4 Å². The number of fused-ring (bicyclic) bond motifs is 1. The highest BCUT2D eigenvalue weighted by Gasteiger charge is 2.31. The lowest BCUT2D eigenvalue weighted by Crippen LogP contribution is -2.38. The molecule has 0 radical (unpaired) electrons. The molecule has 39 heavy (non-hydrogen) atoms. The average molecular weight is 555 g/mol. The van der Waals surface area contributed by atoms with Crippen molar-refractivity contribution in [3.8, 4) is 0 Å². The number of likely N-dealkylation sites (tertiary alicyclic amines) is 2. The molecule has 5 rings (SSSR count). The molecule has 2 fully saturated rings. The average Bonchev–Trinajstić information content (AvgIpc) is 3.54. The number of para-hydroxylation sites is 1. The van der Waals surface area contributed by atoms with E-state index < -0.39 is 15.9 Å². The quantitative estimate of drug-likeness (QED) is 0.460. The molecule has 0 spiro atoms. The fourth-order valence-electron chi connectivity index (χ4n) is 5.99. The standard InChI is InChI=1S/C29H35FN4O4S/c1-39(37,38)31-27(35)13-18-33-17-12-24-3-2-4-26(28(24)33)29(36)34-16-9-21(20-34)19-32-14-10-23(11-15-32)22-5-7-25(30)8-6-22/h2-8,12,17,21,23H,9-11,13-16,18-20H2,1H3,(H,31,35)/t21-/m1/s1. The molecule has 0 bridgehead atoms. The smallest absolute Gasteiger partial charge is 0.256 e. The van der Waals surface area contributed by atoms with Crippen LogP contribution in [0.5, 0.6) is 0 Å². The summed E-state index contributed by atoms with van der Waals surface area (Å²) in [6.45, 7) is 4.67. The number of hydrogen-bond donors (Lipinski definition) is 1. The molecular weight excluding hydrogens is 519 g/mol. The Bertz CT molecular complexity index is 1450. The van der Waals surface area contributed by atoms with E-state index in [-0.39, 0.29) is 24.7 Å². The Morgan fingerprint density at radius 1 is 1.00 bits per heavy atom. The van der Waals surface area contributed by atoms with Gasteiger partial charge in [0.2, 0.25) is 15.9 Å². The van der Waals surface area contributed by atoms with Crippen LogP contribution in [0.25, 0.3) is 10.9 Å². The lowest BCUT2D eigenvalue weighted by molar-refractivity contribution is -0.119. The van der Waals surface area contributed by atoms with Crippen LogP contribution in [0.1, 0.15) is 47.5 Å². The van der Waals surface area contributed by atoms with Gasteiger partial charge in [-0.2, -0.15) is 0 Å². The van der Waals surface area contributed by atoms with Gasteiger partial charge in [-0.3, -0.25) is 14.3 Å². The number of nitrogens with one attached hydrogen (secondary N) is 1. The van der Waals surface area contributed by atoms with E-state index in [1.54, 1.807) is 12.1 Å². The van der Waals surface area contributed by atoms with E-state index in [2.05, 4.69) is 4.90 Å². The number of halogens is 1. The van der Waals surface area contributed by atoms with Gasteiger partial charge in [0.15, 0.2) is 0 Å². The van der Waals surface area contributed by atoms with Gasteiger partial charge in [-0.05, 0) is 74.0 Å². The number of aryl methyl sites for hydroxylation is 1. The molecule has 2 saturated heterocycles. The summed E-state index contributed by atoms with van der Waals surface area (Å²) >= 11 is 0. The highest BCUT2D eigenvalue weighted by atomic mass is 32.2. The van der Waals surface area contributed by atoms with Crippen LogP contribution in [0.15, 0.2) is 54.7 Å². The van der Waals surface area contributed by atoms with E-state index in [0.29, 0.717) is 30.5 Å². The number of rotatable bonds is 8. The van der Waals surface area contributed by atoms with Crippen molar-refractivity contribution >= 4 is 32.7 Å². The number of amides is 2. The normalized spacial score (nSPS) is 19.0. The predicted molar refractivity (Wildman–Crippen MR) is 148 cm³/mol. The van der Waals surface area contributed by atoms with Crippen LogP contribution in [0.3, 0.4) is 0 Å². The fraction of sp³-hybridized carbons (Fsp3) is 0.448. The van der Waals surface area contributed by atoms with E-state index in [1.165, 1.54) is 5.56 Å². The Kier molecular flexibility index (Phi) is 8.04. The molecule has 2 aliphatic rings. The minimum Gasteiger partial charge on any atom is -0.346 e. The first-order valence-corrected chi connectivity index (χ1v) is 15.4. The van der Waals surface area contributed by atoms with Crippen molar-refractivity contribution in [3.63, 3.8) is 0 Å². The maximum atomic E-state index is 13.6. The summed E-state index contributed by atoms with van der Waals surface area (Å²) in [6.07, 6.45) is 5.85. The number of sulfonamides is 1. The minimum atomic E-state index is -3.61. The second kappa shape index (κ2) is 11.5. The largest absolute Gasteiger partial charge is 0.346 e. The third-order valence-corrected chi connectivity index (χ3v) is 8.51. The lowest BCUT2D eigenvalue weighted by atomic mass is 9.89. The number of piperidine rings is 1. The monoisotopic (exact) mass is 554 g/mol. The van der Waals surface area contributed by atoms with Crippen molar-refractivity contribution in [2.75, 3.05) is 39.0 Å². The zero-order valence-electron chi connectivity index (χ0n) is 22.2. The van der Waals surface area contributed by atoms with Crippen LogP contribution in [0.4, 0.5) is 4.39 Å². The molecule has 1 N–H and O–H groups in total. The van der Waals surface area contributed by atoms with Gasteiger partial charge >= 0.3 is 0 Å². The summed E-state index contributed by atoms with van der Waals surface area (Å²) < 4.78 is 39.8. The Balaban J connectivity index is 1.18. The summed E-state index contributed by atoms with van der Waals surface area (Å²) in [7, 11) is -3.61. The fourth-order valence-corrected chi connectivity index (χ4v) is 6.50. The van der Waals surface area contributed by atoms with Gasteiger partial charge in [0.1, 0.15) is 5.82 Å². The van der Waals surface area contributed by atoms with E-state index in [0.717, 1.165) is 56.1 Å². The van der Waals surface area contributed by atoms with E-state index >= 15 is 0 Å². The summed E-state index contributed by atoms with van der Waals surface area (Å²) in [4.78, 5) is 30.1. The van der Waals surface area contributed by atoms with Gasteiger partial charge in [0.25, 0.3) is 5.91 Å². The topological polar surface area (TPSA) is 91.7 Å². The molecule has 3 aromatic rings. The zero-order chi connectivity index (χ0) is 27.6. The molecule has 0 saturated carbocycles. The Labute approximate surface area is 228 Å². The second-order valence-electron chi connectivity index (χ2n) is 10.8. The van der Waals surface area contributed by atoms with Gasteiger partial charge in [-0.25, -0.2) is 12.8 Å². The molecule has 208 valence electrons. The first kappa shape index (κ1) is 27.3. The Hall–Kier alpha value is -3.24. The van der Waals surface area contributed by atoms with Crippen LogP contribution in [0, 0.1) is 11.7 Å². The van der Waals surface area contributed by atoms with Gasteiger partial charge in [-0.1, -0.05) is 24.3 Å². The lowest BCUT2D eigenvalue weighted by Gasteiger charge is -2.33. The van der Waals surface area contributed by atoms with Crippen molar-refractivity contribution < 1.29 is 22.4 Å². The molecule has 8 nitrogen and oxygen atoms in total. The number of hydrogen-bond acceptors (Lipinski definition) is 5. The number of carbonyl (C=O) groups excluding carboxylic acids is 2. The highest BCUT2D eigenvalue weighted by molar-refractivity contribution is 7.89.